The molecule has 0 fully saturated rings. The molecule has 2 aliphatic rings. The van der Waals surface area contributed by atoms with Crippen molar-refractivity contribution in [1.82, 2.24) is 0 Å². The van der Waals surface area contributed by atoms with E-state index in [1.165, 1.54) is 31.7 Å². The first-order valence-corrected chi connectivity index (χ1v) is 12.5. The highest BCUT2D eigenvalue weighted by atomic mass is 32.2. The molecule has 0 nitrogen and oxygen atoms in total. The van der Waals surface area contributed by atoms with Crippen LogP contribution in [0.5, 0.6) is 0 Å². The maximum absolute atomic E-state index is 4.38. The number of fused-ring (bicyclic) bond motifs is 1. The molecular weight excluding hydrogens is 409 g/mol. The van der Waals surface area contributed by atoms with Gasteiger partial charge in [-0.3, -0.25) is 0 Å². The van der Waals surface area contributed by atoms with Gasteiger partial charge in [-0.1, -0.05) is 24.3 Å². The van der Waals surface area contributed by atoms with E-state index in [0.29, 0.717) is 9.16 Å². The molecule has 0 aliphatic carbocycles. The van der Waals surface area contributed by atoms with Crippen molar-refractivity contribution in [2.75, 3.05) is 11.5 Å². The van der Waals surface area contributed by atoms with Crippen molar-refractivity contribution in [2.45, 2.75) is 9.16 Å². The zero-order valence-corrected chi connectivity index (χ0v) is 17.8. The van der Waals surface area contributed by atoms with Crippen molar-refractivity contribution in [3.8, 4) is 0 Å². The molecule has 2 atom stereocenters. The summed E-state index contributed by atoms with van der Waals surface area (Å²) in [5.74, 6) is 1.67. The zero-order chi connectivity index (χ0) is 16.5. The lowest BCUT2D eigenvalue weighted by molar-refractivity contribution is 1.39. The van der Waals surface area contributed by atoms with E-state index in [1.807, 2.05) is 47.0 Å². The van der Waals surface area contributed by atoms with E-state index in [-0.39, 0.29) is 0 Å². The highest BCUT2D eigenvalue weighted by molar-refractivity contribution is 8.23. The number of thiol groups is 2. The predicted octanol–water partition coefficient (Wildman–Crippen LogP) is 7.34. The summed E-state index contributed by atoms with van der Waals surface area (Å²) >= 11 is 16.4. The summed E-state index contributed by atoms with van der Waals surface area (Å²) in [4.78, 5) is 2.73. The summed E-state index contributed by atoms with van der Waals surface area (Å²) in [6.07, 6.45) is 0. The molecule has 0 saturated heterocycles. The second-order valence-corrected chi connectivity index (χ2v) is 11.2. The second kappa shape index (κ2) is 7.89. The maximum Gasteiger partial charge on any atom is 0.0837 e. The lowest BCUT2D eigenvalue weighted by Crippen LogP contribution is -1.89. The summed E-state index contributed by atoms with van der Waals surface area (Å²) in [6, 6.07) is 13.8. The van der Waals surface area contributed by atoms with E-state index in [4.69, 9.17) is 0 Å². The van der Waals surface area contributed by atoms with E-state index in [1.54, 1.807) is 0 Å². The zero-order valence-electron chi connectivity index (χ0n) is 12.7. The average molecular weight is 425 g/mol. The van der Waals surface area contributed by atoms with Crippen LogP contribution in [0.2, 0.25) is 0 Å². The van der Waals surface area contributed by atoms with E-state index in [9.17, 15) is 0 Å². The van der Waals surface area contributed by atoms with Crippen molar-refractivity contribution >= 4 is 83.1 Å². The normalized spacial score (nSPS) is 23.6. The molecule has 0 N–H and O–H groups in total. The highest BCUT2D eigenvalue weighted by Crippen LogP contribution is 2.52. The third-order valence-electron chi connectivity index (χ3n) is 3.91. The monoisotopic (exact) mass is 424 g/mol. The minimum atomic E-state index is 0.472. The number of thioether (sulfide) groups is 4. The molecule has 0 saturated carbocycles. The SMILES string of the molecule is SCC1=CSC(c2ccc3cc(C4SC=C(CS)S4)ccc3c2)S1. The molecule has 2 unspecified atom stereocenters. The molecule has 124 valence electrons. The molecule has 2 aromatic rings. The molecule has 2 aromatic carbocycles. The molecular formula is C18H16S6. The van der Waals surface area contributed by atoms with Crippen LogP contribution in [0.4, 0.5) is 0 Å². The Bertz CT molecular complexity index is 756. The summed E-state index contributed by atoms with van der Waals surface area (Å²) in [5, 5.41) is 7.14. The van der Waals surface area contributed by atoms with Gasteiger partial charge in [-0.25, -0.2) is 0 Å². The number of benzene rings is 2. The van der Waals surface area contributed by atoms with Crippen LogP contribution < -0.4 is 0 Å². The Kier molecular flexibility index (Phi) is 5.81. The van der Waals surface area contributed by atoms with Crippen LogP contribution in [0, 0.1) is 0 Å². The van der Waals surface area contributed by atoms with E-state index < -0.39 is 0 Å². The van der Waals surface area contributed by atoms with E-state index in [0.717, 1.165) is 11.5 Å². The van der Waals surface area contributed by atoms with Gasteiger partial charge in [-0.2, -0.15) is 25.3 Å². The van der Waals surface area contributed by atoms with Crippen LogP contribution in [-0.4, -0.2) is 11.5 Å². The van der Waals surface area contributed by atoms with Gasteiger partial charge in [0, 0.05) is 21.3 Å². The topological polar surface area (TPSA) is 0 Å². The molecule has 0 spiro atoms. The van der Waals surface area contributed by atoms with Gasteiger partial charge in [0.05, 0.1) is 9.16 Å². The van der Waals surface area contributed by atoms with Gasteiger partial charge in [0.2, 0.25) is 0 Å². The molecule has 2 heterocycles. The van der Waals surface area contributed by atoms with Gasteiger partial charge >= 0.3 is 0 Å². The van der Waals surface area contributed by atoms with Crippen molar-refractivity contribution in [3.63, 3.8) is 0 Å². The number of rotatable bonds is 4. The van der Waals surface area contributed by atoms with Gasteiger partial charge in [0.25, 0.3) is 0 Å². The van der Waals surface area contributed by atoms with E-state index >= 15 is 0 Å². The maximum atomic E-state index is 4.38. The second-order valence-electron chi connectivity index (χ2n) is 5.52. The Hall–Kier alpha value is 0.280. The molecule has 0 bridgehead atoms. The molecule has 0 radical (unpaired) electrons. The van der Waals surface area contributed by atoms with Crippen LogP contribution in [-0.2, 0) is 0 Å². The minimum Gasteiger partial charge on any atom is -0.174 e. The molecule has 4 rings (SSSR count). The van der Waals surface area contributed by atoms with E-state index in [2.05, 4.69) is 72.5 Å². The van der Waals surface area contributed by atoms with Gasteiger partial charge in [-0.15, -0.1) is 47.0 Å². The lowest BCUT2D eigenvalue weighted by Gasteiger charge is -2.13. The number of hydrogen-bond acceptors (Lipinski definition) is 6. The molecule has 2 aliphatic heterocycles. The molecule has 0 amide bonds. The van der Waals surface area contributed by atoms with Crippen molar-refractivity contribution in [2.24, 2.45) is 0 Å². The molecule has 6 heteroatoms. The van der Waals surface area contributed by atoms with Gasteiger partial charge in [0.15, 0.2) is 0 Å². The largest absolute Gasteiger partial charge is 0.174 e. The van der Waals surface area contributed by atoms with Gasteiger partial charge in [0.1, 0.15) is 0 Å². The smallest absolute Gasteiger partial charge is 0.0837 e. The summed E-state index contributed by atoms with van der Waals surface area (Å²) in [5.41, 5.74) is 2.78. The Labute approximate surface area is 170 Å². The van der Waals surface area contributed by atoms with Crippen LogP contribution in [0.15, 0.2) is 57.0 Å². The first-order valence-electron chi connectivity index (χ1n) is 7.54. The molecule has 0 aromatic heterocycles. The quantitative estimate of drug-likeness (QED) is 0.492. The Morgan fingerprint density at radius 3 is 1.54 bits per heavy atom. The summed E-state index contributed by atoms with van der Waals surface area (Å²) in [6.45, 7) is 0. The fourth-order valence-electron chi connectivity index (χ4n) is 2.68. The van der Waals surface area contributed by atoms with Crippen LogP contribution >= 0.6 is 72.3 Å². The average Bonchev–Trinajstić information content (AvgIpc) is 3.30. The standard InChI is InChI=1S/C18H16S6/c19-7-15-9-21-17(23-15)13-3-1-11-5-14(4-2-12(11)6-13)18-22-10-16(8-20)24-18/h1-6,9-10,17-20H,7-8H2. The fraction of sp³-hybridized carbons (Fsp3) is 0.222. The molecule has 24 heavy (non-hydrogen) atoms. The van der Waals surface area contributed by atoms with Crippen LogP contribution in [0.1, 0.15) is 20.3 Å². The van der Waals surface area contributed by atoms with Gasteiger partial charge < -0.3 is 0 Å². The van der Waals surface area contributed by atoms with Crippen molar-refractivity contribution in [3.05, 3.63) is 68.2 Å². The first kappa shape index (κ1) is 17.7. The Morgan fingerprint density at radius 2 is 1.17 bits per heavy atom. The van der Waals surface area contributed by atoms with Gasteiger partial charge in [-0.05, 0) is 44.8 Å². The van der Waals surface area contributed by atoms with Crippen LogP contribution in [0.25, 0.3) is 10.8 Å². The Balaban J connectivity index is 1.56. The first-order chi connectivity index (χ1) is 11.8. The van der Waals surface area contributed by atoms with Crippen molar-refractivity contribution in [1.29, 1.82) is 0 Å². The highest BCUT2D eigenvalue weighted by Gasteiger charge is 2.21. The van der Waals surface area contributed by atoms with Crippen LogP contribution in [0.3, 0.4) is 0 Å². The minimum absolute atomic E-state index is 0.472. The summed E-state index contributed by atoms with van der Waals surface area (Å²) in [7, 11) is 0. The third kappa shape index (κ3) is 3.69. The predicted molar refractivity (Wildman–Crippen MR) is 124 cm³/mol. The fourth-order valence-corrected chi connectivity index (χ4v) is 8.44. The third-order valence-corrected chi connectivity index (χ3v) is 10.5. The Morgan fingerprint density at radius 1 is 0.708 bits per heavy atom. The van der Waals surface area contributed by atoms with Crippen molar-refractivity contribution < 1.29 is 0 Å². The number of hydrogen-bond donors (Lipinski definition) is 2. The summed E-state index contributed by atoms with van der Waals surface area (Å²) < 4.78 is 0.943. The lowest BCUT2D eigenvalue weighted by atomic mass is 10.1.